The SMILES string of the molecule is O=C(O)CSCC(=O)Nc1ccnc(Cl)n1. The molecule has 0 aliphatic heterocycles. The maximum Gasteiger partial charge on any atom is 0.313 e. The first-order valence-electron chi connectivity index (χ1n) is 4.16. The lowest BCUT2D eigenvalue weighted by Crippen LogP contribution is -2.16. The number of aliphatic carboxylic acids is 1. The van der Waals surface area contributed by atoms with Crippen molar-refractivity contribution in [3.05, 3.63) is 17.5 Å². The van der Waals surface area contributed by atoms with E-state index >= 15 is 0 Å². The van der Waals surface area contributed by atoms with Crippen molar-refractivity contribution in [2.75, 3.05) is 16.8 Å². The van der Waals surface area contributed by atoms with Crippen LogP contribution in [-0.2, 0) is 9.59 Å². The molecule has 0 fully saturated rings. The number of carbonyl (C=O) groups is 2. The number of carboxylic acid groups (broad SMARTS) is 1. The van der Waals surface area contributed by atoms with Crippen LogP contribution in [0.25, 0.3) is 0 Å². The molecule has 0 bridgehead atoms. The van der Waals surface area contributed by atoms with Crippen molar-refractivity contribution < 1.29 is 14.7 Å². The number of carbonyl (C=O) groups excluding carboxylic acids is 1. The van der Waals surface area contributed by atoms with E-state index < -0.39 is 5.97 Å². The molecule has 0 unspecified atom stereocenters. The second-order valence-corrected chi connectivity index (χ2v) is 3.97. The summed E-state index contributed by atoms with van der Waals surface area (Å²) < 4.78 is 0. The summed E-state index contributed by atoms with van der Waals surface area (Å²) in [6, 6.07) is 1.49. The first kappa shape index (κ1) is 12.7. The van der Waals surface area contributed by atoms with Gasteiger partial charge in [0.1, 0.15) is 5.82 Å². The Labute approximate surface area is 100 Å². The number of rotatable bonds is 5. The van der Waals surface area contributed by atoms with Crippen LogP contribution in [0.1, 0.15) is 0 Å². The van der Waals surface area contributed by atoms with Crippen LogP contribution in [0.2, 0.25) is 5.28 Å². The summed E-state index contributed by atoms with van der Waals surface area (Å²) in [5, 5.41) is 10.9. The van der Waals surface area contributed by atoms with E-state index in [1.54, 1.807) is 0 Å². The van der Waals surface area contributed by atoms with Crippen molar-refractivity contribution >= 4 is 41.1 Å². The molecular formula is C8H8ClN3O3S. The number of thioether (sulfide) groups is 1. The number of nitrogens with zero attached hydrogens (tertiary/aromatic N) is 2. The summed E-state index contributed by atoms with van der Waals surface area (Å²) in [6.45, 7) is 0. The fraction of sp³-hybridized carbons (Fsp3) is 0.250. The molecule has 0 saturated heterocycles. The Kier molecular flexibility index (Phi) is 5.00. The summed E-state index contributed by atoms with van der Waals surface area (Å²) >= 11 is 6.52. The molecule has 1 amide bonds. The molecule has 0 atom stereocenters. The van der Waals surface area contributed by atoms with Gasteiger partial charge in [-0.1, -0.05) is 0 Å². The lowest BCUT2D eigenvalue weighted by atomic mass is 10.5. The van der Waals surface area contributed by atoms with Gasteiger partial charge < -0.3 is 10.4 Å². The molecule has 16 heavy (non-hydrogen) atoms. The number of carboxylic acids is 1. The molecular weight excluding hydrogens is 254 g/mol. The molecule has 1 heterocycles. The fourth-order valence-corrected chi connectivity index (χ4v) is 1.50. The van der Waals surface area contributed by atoms with Crippen molar-refractivity contribution in [1.82, 2.24) is 9.97 Å². The summed E-state index contributed by atoms with van der Waals surface area (Å²) in [6.07, 6.45) is 1.41. The second-order valence-electron chi connectivity index (χ2n) is 2.65. The average molecular weight is 262 g/mol. The van der Waals surface area contributed by atoms with Gasteiger partial charge in [-0.2, -0.15) is 0 Å². The van der Waals surface area contributed by atoms with Crippen molar-refractivity contribution in [1.29, 1.82) is 0 Å². The number of amides is 1. The van der Waals surface area contributed by atoms with Crippen LogP contribution in [0, 0.1) is 0 Å². The van der Waals surface area contributed by atoms with Crippen LogP contribution < -0.4 is 5.32 Å². The summed E-state index contributed by atoms with van der Waals surface area (Å²) in [5.41, 5.74) is 0. The topological polar surface area (TPSA) is 92.2 Å². The third kappa shape index (κ3) is 4.94. The minimum Gasteiger partial charge on any atom is -0.481 e. The number of hydrogen-bond acceptors (Lipinski definition) is 5. The van der Waals surface area contributed by atoms with Crippen LogP contribution in [0.3, 0.4) is 0 Å². The lowest BCUT2D eigenvalue weighted by Gasteiger charge is -2.02. The van der Waals surface area contributed by atoms with Gasteiger partial charge in [0, 0.05) is 6.20 Å². The van der Waals surface area contributed by atoms with E-state index in [2.05, 4.69) is 15.3 Å². The van der Waals surface area contributed by atoms with E-state index in [9.17, 15) is 9.59 Å². The van der Waals surface area contributed by atoms with Crippen LogP contribution in [0.5, 0.6) is 0 Å². The van der Waals surface area contributed by atoms with Crippen molar-refractivity contribution in [2.45, 2.75) is 0 Å². The van der Waals surface area contributed by atoms with E-state index in [1.165, 1.54) is 12.3 Å². The Hall–Kier alpha value is -1.34. The molecule has 0 saturated carbocycles. The predicted molar refractivity (Wildman–Crippen MR) is 60.6 cm³/mol. The number of anilines is 1. The Morgan fingerprint density at radius 2 is 2.25 bits per heavy atom. The zero-order valence-electron chi connectivity index (χ0n) is 8.01. The molecule has 0 aliphatic rings. The van der Waals surface area contributed by atoms with Gasteiger partial charge in [0.05, 0.1) is 11.5 Å². The van der Waals surface area contributed by atoms with E-state index in [4.69, 9.17) is 16.7 Å². The van der Waals surface area contributed by atoms with E-state index in [-0.39, 0.29) is 22.7 Å². The second kappa shape index (κ2) is 6.29. The smallest absolute Gasteiger partial charge is 0.313 e. The number of aromatic nitrogens is 2. The molecule has 86 valence electrons. The Morgan fingerprint density at radius 3 is 2.88 bits per heavy atom. The number of nitrogens with one attached hydrogen (secondary N) is 1. The molecule has 8 heteroatoms. The highest BCUT2D eigenvalue weighted by molar-refractivity contribution is 8.00. The molecule has 6 nitrogen and oxygen atoms in total. The quantitative estimate of drug-likeness (QED) is 0.765. The molecule has 0 aromatic carbocycles. The Morgan fingerprint density at radius 1 is 1.50 bits per heavy atom. The summed E-state index contributed by atoms with van der Waals surface area (Å²) in [4.78, 5) is 28.9. The van der Waals surface area contributed by atoms with Gasteiger partial charge in [0.25, 0.3) is 0 Å². The first-order valence-corrected chi connectivity index (χ1v) is 5.69. The normalized spacial score (nSPS) is 9.81. The molecule has 0 spiro atoms. The maximum absolute atomic E-state index is 11.3. The first-order chi connectivity index (χ1) is 7.58. The highest BCUT2D eigenvalue weighted by atomic mass is 35.5. The summed E-state index contributed by atoms with van der Waals surface area (Å²) in [5.74, 6) is -1.06. The molecule has 0 radical (unpaired) electrons. The van der Waals surface area contributed by atoms with Gasteiger partial charge in [0.15, 0.2) is 0 Å². The van der Waals surface area contributed by atoms with Crippen LogP contribution >= 0.6 is 23.4 Å². The molecule has 1 aromatic rings. The zero-order chi connectivity index (χ0) is 12.0. The van der Waals surface area contributed by atoms with E-state index in [0.29, 0.717) is 5.82 Å². The average Bonchev–Trinajstić information content (AvgIpc) is 2.16. The molecule has 1 aromatic heterocycles. The maximum atomic E-state index is 11.3. The highest BCUT2D eigenvalue weighted by Crippen LogP contribution is 2.07. The third-order valence-electron chi connectivity index (χ3n) is 1.35. The van der Waals surface area contributed by atoms with Gasteiger partial charge in [-0.05, 0) is 17.7 Å². The molecule has 2 N–H and O–H groups in total. The predicted octanol–water partition coefficient (Wildman–Crippen LogP) is 0.886. The van der Waals surface area contributed by atoms with Gasteiger partial charge in [-0.3, -0.25) is 9.59 Å². The zero-order valence-corrected chi connectivity index (χ0v) is 9.59. The van der Waals surface area contributed by atoms with Crippen molar-refractivity contribution in [3.63, 3.8) is 0 Å². The largest absolute Gasteiger partial charge is 0.481 e. The van der Waals surface area contributed by atoms with Gasteiger partial charge in [0.2, 0.25) is 11.2 Å². The van der Waals surface area contributed by atoms with Gasteiger partial charge in [-0.15, -0.1) is 11.8 Å². The molecule has 1 rings (SSSR count). The van der Waals surface area contributed by atoms with Crippen molar-refractivity contribution in [3.8, 4) is 0 Å². The van der Waals surface area contributed by atoms with Gasteiger partial charge >= 0.3 is 5.97 Å². The van der Waals surface area contributed by atoms with Crippen LogP contribution in [0.15, 0.2) is 12.3 Å². The highest BCUT2D eigenvalue weighted by Gasteiger charge is 2.05. The monoisotopic (exact) mass is 261 g/mol. The minimum atomic E-state index is -0.956. The van der Waals surface area contributed by atoms with Gasteiger partial charge in [-0.25, -0.2) is 9.97 Å². The summed E-state index contributed by atoms with van der Waals surface area (Å²) in [7, 11) is 0. The third-order valence-corrected chi connectivity index (χ3v) is 2.45. The van der Waals surface area contributed by atoms with Crippen LogP contribution in [0.4, 0.5) is 5.82 Å². The number of hydrogen-bond donors (Lipinski definition) is 2. The molecule has 0 aliphatic carbocycles. The van der Waals surface area contributed by atoms with E-state index in [1.807, 2.05) is 0 Å². The fourth-order valence-electron chi connectivity index (χ4n) is 0.814. The number of halogens is 1. The standard InChI is InChI=1S/C8H8ClN3O3S/c9-8-10-2-1-5(12-8)11-6(13)3-16-4-7(14)15/h1-2H,3-4H2,(H,14,15)(H,10,11,12,13). The lowest BCUT2D eigenvalue weighted by molar-refractivity contribution is -0.133. The van der Waals surface area contributed by atoms with Crippen LogP contribution in [-0.4, -0.2) is 38.5 Å². The minimum absolute atomic E-state index is 0.0380. The van der Waals surface area contributed by atoms with E-state index in [0.717, 1.165) is 11.8 Å². The Bertz CT molecular complexity index is 402. The van der Waals surface area contributed by atoms with Crippen molar-refractivity contribution in [2.24, 2.45) is 0 Å². The Balaban J connectivity index is 2.37.